The monoisotopic (exact) mass is 413 g/mol. The fourth-order valence-corrected chi connectivity index (χ4v) is 6.41. The Kier molecular flexibility index (Phi) is 8.11. The second-order valence-corrected chi connectivity index (χ2v) is 11.2. The average molecular weight is 414 g/mol. The van der Waals surface area contributed by atoms with Crippen LogP contribution < -0.4 is 5.32 Å². The Morgan fingerprint density at radius 2 is 1.74 bits per heavy atom. The van der Waals surface area contributed by atoms with Crippen molar-refractivity contribution in [3.8, 4) is 0 Å². The molecule has 4 rings (SSSR count). The molecule has 0 aromatic carbocycles. The van der Waals surface area contributed by atoms with Crippen molar-refractivity contribution in [2.75, 3.05) is 18.8 Å². The third-order valence-electron chi connectivity index (χ3n) is 5.76. The van der Waals surface area contributed by atoms with Crippen molar-refractivity contribution in [2.45, 2.75) is 89.1 Å². The summed E-state index contributed by atoms with van der Waals surface area (Å²) in [6.07, 6.45) is 14.5. The van der Waals surface area contributed by atoms with Gasteiger partial charge in [0.25, 0.3) is 0 Å². The van der Waals surface area contributed by atoms with Gasteiger partial charge in [0.1, 0.15) is 0 Å². The molecule has 0 radical (unpaired) electrons. The summed E-state index contributed by atoms with van der Waals surface area (Å²) in [7, 11) is -3.01. The summed E-state index contributed by atoms with van der Waals surface area (Å²) in [4.78, 5) is 4.31. The van der Waals surface area contributed by atoms with Gasteiger partial charge in [-0.1, -0.05) is 26.2 Å². The Bertz CT molecular complexity index is 630. The summed E-state index contributed by atoms with van der Waals surface area (Å²) in [6, 6.07) is 1.81. The van der Waals surface area contributed by atoms with Crippen LogP contribution >= 0.6 is 11.3 Å². The van der Waals surface area contributed by atoms with Crippen LogP contribution in [0, 0.1) is 0 Å². The van der Waals surface area contributed by atoms with E-state index in [0.29, 0.717) is 25.4 Å². The Morgan fingerprint density at radius 1 is 1.07 bits per heavy atom. The lowest BCUT2D eigenvalue weighted by molar-refractivity contribution is 0.319. The fourth-order valence-electron chi connectivity index (χ4n) is 4.06. The molecule has 1 aromatic heterocycles. The first-order valence-electron chi connectivity index (χ1n) is 10.7. The van der Waals surface area contributed by atoms with Crippen LogP contribution in [0.15, 0.2) is 11.6 Å². The third-order valence-corrected chi connectivity index (χ3v) is 8.78. The number of aromatic nitrogens is 1. The van der Waals surface area contributed by atoms with E-state index in [4.69, 9.17) is 0 Å². The number of hydrogen-bond acceptors (Lipinski definition) is 5. The topological polar surface area (TPSA) is 62.3 Å². The average Bonchev–Trinajstić information content (AvgIpc) is 3.32. The Labute approximate surface area is 169 Å². The van der Waals surface area contributed by atoms with Gasteiger partial charge in [-0.3, -0.25) is 0 Å². The number of thiazole rings is 1. The molecular formula is C20H35N3O2S2. The van der Waals surface area contributed by atoms with Crippen molar-refractivity contribution < 1.29 is 8.42 Å². The second-order valence-electron chi connectivity index (χ2n) is 8.14. The molecule has 3 fully saturated rings. The predicted octanol–water partition coefficient (Wildman–Crippen LogP) is 4.13. The van der Waals surface area contributed by atoms with Crippen molar-refractivity contribution >= 4 is 21.4 Å². The van der Waals surface area contributed by atoms with Crippen molar-refractivity contribution in [3.63, 3.8) is 0 Å². The van der Waals surface area contributed by atoms with Gasteiger partial charge in [-0.2, -0.15) is 0 Å². The van der Waals surface area contributed by atoms with Gasteiger partial charge in [0, 0.05) is 42.7 Å². The number of nitrogens with zero attached hydrogens (tertiary/aromatic N) is 2. The maximum atomic E-state index is 11.9. The summed E-state index contributed by atoms with van der Waals surface area (Å²) in [5, 5.41) is 6.82. The zero-order valence-corrected chi connectivity index (χ0v) is 18.2. The molecule has 1 aromatic rings. The van der Waals surface area contributed by atoms with Crippen molar-refractivity contribution in [1.82, 2.24) is 14.6 Å². The first kappa shape index (κ1) is 21.2. The highest BCUT2D eigenvalue weighted by Crippen LogP contribution is 2.30. The van der Waals surface area contributed by atoms with Crippen LogP contribution in [0.3, 0.4) is 0 Å². The highest BCUT2D eigenvalue weighted by atomic mass is 32.2. The van der Waals surface area contributed by atoms with Gasteiger partial charge in [-0.25, -0.2) is 17.7 Å². The van der Waals surface area contributed by atoms with E-state index >= 15 is 0 Å². The van der Waals surface area contributed by atoms with E-state index in [2.05, 4.69) is 10.3 Å². The maximum absolute atomic E-state index is 11.9. The van der Waals surface area contributed by atoms with Gasteiger partial charge in [0.15, 0.2) is 0 Å². The van der Waals surface area contributed by atoms with Crippen LogP contribution in [-0.4, -0.2) is 48.6 Å². The second kappa shape index (κ2) is 10.3. The summed E-state index contributed by atoms with van der Waals surface area (Å²) < 4.78 is 25.4. The van der Waals surface area contributed by atoms with Crippen molar-refractivity contribution in [3.05, 3.63) is 16.6 Å². The maximum Gasteiger partial charge on any atom is 0.214 e. The van der Waals surface area contributed by atoms with E-state index in [1.165, 1.54) is 44.9 Å². The Balaban J connectivity index is 0.000000177. The Morgan fingerprint density at radius 3 is 2.30 bits per heavy atom. The molecule has 0 atom stereocenters. The van der Waals surface area contributed by atoms with E-state index in [-0.39, 0.29) is 5.75 Å². The lowest BCUT2D eigenvalue weighted by Gasteiger charge is -2.30. The minimum Gasteiger partial charge on any atom is -0.311 e. The van der Waals surface area contributed by atoms with Gasteiger partial charge < -0.3 is 5.32 Å². The van der Waals surface area contributed by atoms with E-state index in [1.807, 2.05) is 18.5 Å². The van der Waals surface area contributed by atoms with Crippen molar-refractivity contribution in [2.24, 2.45) is 0 Å². The number of hydrogen-bond donors (Lipinski definition) is 1. The summed E-state index contributed by atoms with van der Waals surface area (Å²) in [5.41, 5.74) is 0. The van der Waals surface area contributed by atoms with Gasteiger partial charge in [0.2, 0.25) is 10.0 Å². The van der Waals surface area contributed by atoms with Gasteiger partial charge >= 0.3 is 0 Å². The van der Waals surface area contributed by atoms with E-state index in [9.17, 15) is 8.42 Å². The highest BCUT2D eigenvalue weighted by Gasteiger charge is 2.28. The summed E-state index contributed by atoms with van der Waals surface area (Å²) in [5.74, 6) is 0.720. The molecule has 154 valence electrons. The minimum atomic E-state index is -3.01. The van der Waals surface area contributed by atoms with E-state index < -0.39 is 10.0 Å². The van der Waals surface area contributed by atoms with Crippen molar-refractivity contribution in [1.29, 1.82) is 0 Å². The lowest BCUT2D eigenvalue weighted by Crippen LogP contribution is -2.39. The molecule has 0 amide bonds. The quantitative estimate of drug-likeness (QED) is 0.761. The highest BCUT2D eigenvalue weighted by molar-refractivity contribution is 7.89. The largest absolute Gasteiger partial charge is 0.311 e. The minimum absolute atomic E-state index is 0.273. The molecule has 27 heavy (non-hydrogen) atoms. The fraction of sp³-hybridized carbons (Fsp3) is 0.850. The Hall–Kier alpha value is -0.500. The summed E-state index contributed by atoms with van der Waals surface area (Å²) >= 11 is 1.67. The number of rotatable bonds is 6. The molecule has 1 aliphatic heterocycles. The lowest BCUT2D eigenvalue weighted by atomic mass is 9.95. The van der Waals surface area contributed by atoms with E-state index in [1.54, 1.807) is 15.6 Å². The van der Waals surface area contributed by atoms with Crippen LogP contribution in [0.25, 0.3) is 0 Å². The van der Waals surface area contributed by atoms with Crippen LogP contribution in [0.5, 0.6) is 0 Å². The van der Waals surface area contributed by atoms with Gasteiger partial charge in [0.05, 0.1) is 10.8 Å². The third kappa shape index (κ3) is 6.80. The molecule has 2 saturated carbocycles. The molecule has 7 heteroatoms. The SMILES string of the molecule is C1CCC(NC2CC2)CC1.CCCS(=O)(=O)N1CCC(c2nccs2)CC1. The van der Waals surface area contributed by atoms with Crippen LogP contribution in [-0.2, 0) is 10.0 Å². The molecule has 0 spiro atoms. The normalized spacial score (nSPS) is 23.0. The molecule has 5 nitrogen and oxygen atoms in total. The van der Waals surface area contributed by atoms with Gasteiger partial charge in [-0.05, 0) is 44.9 Å². The first-order chi connectivity index (χ1) is 13.1. The summed E-state index contributed by atoms with van der Waals surface area (Å²) in [6.45, 7) is 3.19. The molecule has 3 aliphatic rings. The molecule has 0 unspecified atom stereocenters. The molecule has 2 heterocycles. The molecule has 2 aliphatic carbocycles. The number of piperidine rings is 1. The first-order valence-corrected chi connectivity index (χ1v) is 13.2. The standard InChI is InChI=1S/C11H18N2O2S2.C9H17N/c1-2-9-17(14,15)13-6-3-10(4-7-13)11-12-5-8-16-11;1-2-4-8(5-3-1)10-9-6-7-9/h5,8,10H,2-4,6-7,9H2,1H3;8-10H,1-7H2. The zero-order chi connectivity index (χ0) is 19.1. The van der Waals surface area contributed by atoms with Crippen LogP contribution in [0.4, 0.5) is 0 Å². The van der Waals surface area contributed by atoms with Crippen LogP contribution in [0.1, 0.15) is 82.1 Å². The molecule has 1 N–H and O–H groups in total. The van der Waals surface area contributed by atoms with Gasteiger partial charge in [-0.15, -0.1) is 11.3 Å². The predicted molar refractivity (Wildman–Crippen MR) is 113 cm³/mol. The zero-order valence-electron chi connectivity index (χ0n) is 16.6. The number of sulfonamides is 1. The van der Waals surface area contributed by atoms with Crippen LogP contribution in [0.2, 0.25) is 0 Å². The molecule has 1 saturated heterocycles. The molecule has 0 bridgehead atoms. The molecular weight excluding hydrogens is 378 g/mol. The smallest absolute Gasteiger partial charge is 0.214 e. The van der Waals surface area contributed by atoms with E-state index in [0.717, 1.165) is 29.9 Å². The number of nitrogens with one attached hydrogen (secondary N) is 1.